The third kappa shape index (κ3) is 3.57. The van der Waals surface area contributed by atoms with Crippen molar-refractivity contribution in [3.63, 3.8) is 0 Å². The second-order valence-corrected chi connectivity index (χ2v) is 5.70. The molecule has 0 fully saturated rings. The molecule has 0 radical (unpaired) electrons. The number of hydrogen-bond acceptors (Lipinski definition) is 6. The summed E-state index contributed by atoms with van der Waals surface area (Å²) >= 11 is 0. The van der Waals surface area contributed by atoms with Crippen molar-refractivity contribution in [2.45, 2.75) is 33.2 Å². The molecule has 2 aromatic rings. The number of nitrogen functional groups attached to an aromatic ring is 1. The van der Waals surface area contributed by atoms with Gasteiger partial charge in [-0.1, -0.05) is 0 Å². The Hall–Kier alpha value is -2.37. The summed E-state index contributed by atoms with van der Waals surface area (Å²) in [5, 5.41) is 6.36. The molecule has 0 saturated heterocycles. The van der Waals surface area contributed by atoms with Gasteiger partial charge in [0.25, 0.3) is 0 Å². The lowest BCUT2D eigenvalue weighted by molar-refractivity contribution is 0.630. The van der Waals surface area contributed by atoms with E-state index in [1.54, 1.807) is 6.20 Å². The van der Waals surface area contributed by atoms with Gasteiger partial charge in [-0.25, -0.2) is 15.0 Å². The van der Waals surface area contributed by atoms with Crippen molar-refractivity contribution in [1.82, 2.24) is 15.0 Å². The topological polar surface area (TPSA) is 88.8 Å². The zero-order valence-electron chi connectivity index (χ0n) is 12.2. The zero-order valence-corrected chi connectivity index (χ0v) is 12.2. The van der Waals surface area contributed by atoms with E-state index < -0.39 is 0 Å². The summed E-state index contributed by atoms with van der Waals surface area (Å²) in [6.07, 6.45) is 3.21. The number of aryl methyl sites for hydroxylation is 1. The molecule has 2 rings (SSSR count). The smallest absolute Gasteiger partial charge is 0.160 e. The first-order chi connectivity index (χ1) is 9.35. The Bertz CT molecular complexity index is 603. The fourth-order valence-corrected chi connectivity index (χ4v) is 1.68. The maximum atomic E-state index is 6.10. The van der Waals surface area contributed by atoms with Crippen molar-refractivity contribution >= 4 is 23.1 Å². The molecule has 0 aromatic carbocycles. The molecule has 0 spiro atoms. The van der Waals surface area contributed by atoms with Crippen LogP contribution in [-0.4, -0.2) is 20.5 Å². The van der Waals surface area contributed by atoms with Gasteiger partial charge in [0.2, 0.25) is 0 Å². The van der Waals surface area contributed by atoms with Crippen LogP contribution in [0.2, 0.25) is 0 Å². The lowest BCUT2D eigenvalue weighted by Crippen LogP contribution is -2.27. The quantitative estimate of drug-likeness (QED) is 0.796. The SMILES string of the molecule is Cc1ccnc(Nc2ncnc(NC(C)(C)C)c2N)c1. The van der Waals surface area contributed by atoms with E-state index in [0.29, 0.717) is 23.1 Å². The maximum absolute atomic E-state index is 6.10. The molecule has 0 unspecified atom stereocenters. The number of aromatic nitrogens is 3. The molecule has 0 aliphatic heterocycles. The Morgan fingerprint density at radius 1 is 1.10 bits per heavy atom. The van der Waals surface area contributed by atoms with Gasteiger partial charge in [-0.05, 0) is 45.4 Å². The lowest BCUT2D eigenvalue weighted by Gasteiger charge is -2.22. The molecule has 0 aliphatic carbocycles. The summed E-state index contributed by atoms with van der Waals surface area (Å²) in [4.78, 5) is 12.6. The fraction of sp³-hybridized carbons (Fsp3) is 0.357. The van der Waals surface area contributed by atoms with Gasteiger partial charge in [-0.15, -0.1) is 0 Å². The number of anilines is 4. The van der Waals surface area contributed by atoms with E-state index in [1.165, 1.54) is 6.33 Å². The Balaban J connectivity index is 2.27. The van der Waals surface area contributed by atoms with E-state index in [1.807, 2.05) is 39.8 Å². The summed E-state index contributed by atoms with van der Waals surface area (Å²) in [5.74, 6) is 1.87. The standard InChI is InChI=1S/C14H20N6/c1-9-5-6-16-10(7-9)19-12-11(15)13(18-8-17-12)20-14(2,3)4/h5-8H,15H2,1-4H3,(H2,16,17,18,19,20). The Morgan fingerprint density at radius 2 is 1.80 bits per heavy atom. The van der Waals surface area contributed by atoms with Gasteiger partial charge in [-0.3, -0.25) is 0 Å². The minimum Gasteiger partial charge on any atom is -0.393 e. The van der Waals surface area contributed by atoms with Crippen molar-refractivity contribution in [2.24, 2.45) is 0 Å². The highest BCUT2D eigenvalue weighted by atomic mass is 15.1. The molecule has 20 heavy (non-hydrogen) atoms. The highest BCUT2D eigenvalue weighted by molar-refractivity contribution is 5.77. The minimum atomic E-state index is -0.124. The molecule has 2 heterocycles. The van der Waals surface area contributed by atoms with Crippen LogP contribution in [0.25, 0.3) is 0 Å². The fourth-order valence-electron chi connectivity index (χ4n) is 1.68. The van der Waals surface area contributed by atoms with Gasteiger partial charge in [0.1, 0.15) is 17.8 Å². The van der Waals surface area contributed by atoms with E-state index in [9.17, 15) is 0 Å². The first-order valence-corrected chi connectivity index (χ1v) is 6.43. The summed E-state index contributed by atoms with van der Waals surface area (Å²) in [7, 11) is 0. The van der Waals surface area contributed by atoms with Gasteiger partial charge in [0.05, 0.1) is 0 Å². The van der Waals surface area contributed by atoms with Gasteiger partial charge in [-0.2, -0.15) is 0 Å². The van der Waals surface area contributed by atoms with Crippen molar-refractivity contribution in [2.75, 3.05) is 16.4 Å². The molecule has 0 atom stereocenters. The Labute approximate surface area is 118 Å². The van der Waals surface area contributed by atoms with Gasteiger partial charge in [0, 0.05) is 11.7 Å². The van der Waals surface area contributed by atoms with Crippen molar-refractivity contribution in [3.05, 3.63) is 30.2 Å². The summed E-state index contributed by atoms with van der Waals surface area (Å²) in [5.41, 5.74) is 7.57. The largest absolute Gasteiger partial charge is 0.393 e. The second-order valence-electron chi connectivity index (χ2n) is 5.70. The highest BCUT2D eigenvalue weighted by Gasteiger charge is 2.15. The number of nitrogens with zero attached hydrogens (tertiary/aromatic N) is 3. The lowest BCUT2D eigenvalue weighted by atomic mass is 10.1. The van der Waals surface area contributed by atoms with Crippen LogP contribution < -0.4 is 16.4 Å². The summed E-state index contributed by atoms with van der Waals surface area (Å²) < 4.78 is 0. The summed E-state index contributed by atoms with van der Waals surface area (Å²) in [6.45, 7) is 8.14. The number of pyridine rings is 1. The third-order valence-corrected chi connectivity index (χ3v) is 2.54. The number of rotatable bonds is 3. The molecule has 4 N–H and O–H groups in total. The van der Waals surface area contributed by atoms with Crippen LogP contribution in [0, 0.1) is 6.92 Å². The average Bonchev–Trinajstić information content (AvgIpc) is 2.33. The molecule has 0 saturated carbocycles. The predicted molar refractivity (Wildman–Crippen MR) is 82.1 cm³/mol. The molecule has 6 heteroatoms. The normalized spacial score (nSPS) is 11.2. The average molecular weight is 272 g/mol. The number of nitrogens with two attached hydrogens (primary N) is 1. The molecule has 6 nitrogen and oxygen atoms in total. The molecule has 0 bridgehead atoms. The van der Waals surface area contributed by atoms with E-state index in [2.05, 4.69) is 25.6 Å². The number of nitrogens with one attached hydrogen (secondary N) is 2. The van der Waals surface area contributed by atoms with Crippen molar-refractivity contribution < 1.29 is 0 Å². The predicted octanol–water partition coefficient (Wildman–Crippen LogP) is 2.72. The first-order valence-electron chi connectivity index (χ1n) is 6.43. The number of hydrogen-bond donors (Lipinski definition) is 3. The van der Waals surface area contributed by atoms with Crippen LogP contribution in [0.3, 0.4) is 0 Å². The van der Waals surface area contributed by atoms with Crippen LogP contribution in [0.1, 0.15) is 26.3 Å². The zero-order chi connectivity index (χ0) is 14.8. The minimum absolute atomic E-state index is 0.124. The second kappa shape index (κ2) is 5.32. The van der Waals surface area contributed by atoms with Crippen molar-refractivity contribution in [3.8, 4) is 0 Å². The molecule has 0 amide bonds. The van der Waals surface area contributed by atoms with Crippen LogP contribution >= 0.6 is 0 Å². The first kappa shape index (κ1) is 14.0. The maximum Gasteiger partial charge on any atom is 0.160 e. The molecule has 2 aromatic heterocycles. The highest BCUT2D eigenvalue weighted by Crippen LogP contribution is 2.27. The monoisotopic (exact) mass is 272 g/mol. The molecular formula is C14H20N6. The van der Waals surface area contributed by atoms with Crippen LogP contribution in [0.5, 0.6) is 0 Å². The van der Waals surface area contributed by atoms with Gasteiger partial charge in [0.15, 0.2) is 11.6 Å². The Kier molecular flexibility index (Phi) is 3.74. The molecule has 0 aliphatic rings. The van der Waals surface area contributed by atoms with Gasteiger partial charge >= 0.3 is 0 Å². The van der Waals surface area contributed by atoms with Crippen LogP contribution in [0.4, 0.5) is 23.1 Å². The third-order valence-electron chi connectivity index (χ3n) is 2.54. The van der Waals surface area contributed by atoms with E-state index in [0.717, 1.165) is 5.56 Å². The van der Waals surface area contributed by atoms with Crippen LogP contribution in [-0.2, 0) is 0 Å². The molecular weight excluding hydrogens is 252 g/mol. The van der Waals surface area contributed by atoms with E-state index in [4.69, 9.17) is 5.73 Å². The van der Waals surface area contributed by atoms with E-state index >= 15 is 0 Å². The molecule has 106 valence electrons. The van der Waals surface area contributed by atoms with E-state index in [-0.39, 0.29) is 5.54 Å². The van der Waals surface area contributed by atoms with Crippen LogP contribution in [0.15, 0.2) is 24.7 Å². The van der Waals surface area contributed by atoms with Gasteiger partial charge < -0.3 is 16.4 Å². The Morgan fingerprint density at radius 3 is 2.45 bits per heavy atom. The summed E-state index contributed by atoms with van der Waals surface area (Å²) in [6, 6.07) is 3.86. The van der Waals surface area contributed by atoms with Crippen molar-refractivity contribution in [1.29, 1.82) is 0 Å².